The molecule has 18 heavy (non-hydrogen) atoms. The van der Waals surface area contributed by atoms with Crippen molar-refractivity contribution in [3.63, 3.8) is 0 Å². The Morgan fingerprint density at radius 1 is 1.28 bits per heavy atom. The van der Waals surface area contributed by atoms with Gasteiger partial charge in [-0.15, -0.1) is 0 Å². The molecule has 3 nitrogen and oxygen atoms in total. The van der Waals surface area contributed by atoms with Gasteiger partial charge in [0.15, 0.2) is 23.3 Å². The predicted octanol–water partition coefficient (Wildman–Crippen LogP) is 3.27. The zero-order valence-electron chi connectivity index (χ0n) is 11.8. The first kappa shape index (κ1) is 14.7. The first-order valence-corrected chi connectivity index (χ1v) is 5.95. The molecular weight excluding hydrogens is 236 g/mol. The van der Waals surface area contributed by atoms with Crippen LogP contribution in [0.15, 0.2) is 6.07 Å². The number of hydrogen-bond donors (Lipinski definition) is 1. The minimum atomic E-state index is -0.685. The van der Waals surface area contributed by atoms with E-state index in [0.717, 1.165) is 6.07 Å². The fourth-order valence-electron chi connectivity index (χ4n) is 1.64. The highest BCUT2D eigenvalue weighted by atomic mass is 19.1. The van der Waals surface area contributed by atoms with Gasteiger partial charge in [-0.05, 0) is 12.3 Å². The van der Waals surface area contributed by atoms with Crippen molar-refractivity contribution in [2.24, 2.45) is 5.41 Å². The summed E-state index contributed by atoms with van der Waals surface area (Å²) in [5, 5.41) is 2.62. The van der Waals surface area contributed by atoms with Gasteiger partial charge in [-0.25, -0.2) is 13.8 Å². The third-order valence-electron chi connectivity index (χ3n) is 3.32. The molecule has 1 heterocycles. The van der Waals surface area contributed by atoms with Gasteiger partial charge in [0.05, 0.1) is 0 Å². The monoisotopic (exact) mass is 257 g/mol. The Balaban J connectivity index is 3.17. The molecular formula is C13H21F2N3. The number of nitrogens with one attached hydrogen (secondary N) is 1. The summed E-state index contributed by atoms with van der Waals surface area (Å²) in [7, 11) is 3.32. The molecule has 5 heteroatoms. The van der Waals surface area contributed by atoms with Crippen molar-refractivity contribution in [1.82, 2.24) is 4.98 Å². The lowest BCUT2D eigenvalue weighted by Gasteiger charge is -2.36. The zero-order valence-corrected chi connectivity index (χ0v) is 11.8. The van der Waals surface area contributed by atoms with E-state index in [4.69, 9.17) is 0 Å². The average molecular weight is 257 g/mol. The fourth-order valence-corrected chi connectivity index (χ4v) is 1.64. The van der Waals surface area contributed by atoms with Crippen LogP contribution in [0.25, 0.3) is 0 Å². The molecule has 102 valence electrons. The molecule has 0 aliphatic heterocycles. The molecule has 1 aromatic rings. The molecule has 0 spiro atoms. The number of halogens is 2. The molecule has 1 unspecified atom stereocenters. The second kappa shape index (κ2) is 5.08. The van der Waals surface area contributed by atoms with Crippen molar-refractivity contribution < 1.29 is 8.78 Å². The Morgan fingerprint density at radius 2 is 1.83 bits per heavy atom. The van der Waals surface area contributed by atoms with Crippen LogP contribution < -0.4 is 10.2 Å². The summed E-state index contributed by atoms with van der Waals surface area (Å²) >= 11 is 0. The Labute approximate surface area is 107 Å². The first-order valence-electron chi connectivity index (χ1n) is 5.95. The molecule has 0 saturated carbocycles. The fraction of sp³-hybridized carbons (Fsp3) is 0.615. The summed E-state index contributed by atoms with van der Waals surface area (Å²) in [5.41, 5.74) is -0.0307. The van der Waals surface area contributed by atoms with Crippen molar-refractivity contribution >= 4 is 11.6 Å². The first-order chi connectivity index (χ1) is 8.18. The van der Waals surface area contributed by atoms with Gasteiger partial charge in [-0.2, -0.15) is 0 Å². The Bertz CT molecular complexity index is 427. The van der Waals surface area contributed by atoms with Gasteiger partial charge in [0.1, 0.15) is 0 Å². The van der Waals surface area contributed by atoms with E-state index in [9.17, 15) is 8.78 Å². The minimum absolute atomic E-state index is 0.0307. The van der Waals surface area contributed by atoms with Crippen LogP contribution in [0, 0.1) is 17.0 Å². The molecule has 0 fully saturated rings. The molecule has 0 radical (unpaired) electrons. The number of nitrogens with zero attached hydrogens (tertiary/aromatic N) is 2. The summed E-state index contributed by atoms with van der Waals surface area (Å²) in [6.45, 7) is 8.18. The van der Waals surface area contributed by atoms with Crippen LogP contribution in [0.2, 0.25) is 0 Å². The van der Waals surface area contributed by atoms with Gasteiger partial charge < -0.3 is 10.2 Å². The number of rotatable bonds is 3. The summed E-state index contributed by atoms with van der Waals surface area (Å²) < 4.78 is 27.1. The normalized spacial score (nSPS) is 13.3. The topological polar surface area (TPSA) is 28.2 Å². The molecule has 1 atom stereocenters. The highest BCUT2D eigenvalue weighted by Crippen LogP contribution is 2.29. The summed E-state index contributed by atoms with van der Waals surface area (Å²) in [5.74, 6) is -1.12. The Kier molecular flexibility index (Phi) is 4.14. The van der Waals surface area contributed by atoms with Crippen LogP contribution in [0.5, 0.6) is 0 Å². The lowest BCUT2D eigenvalue weighted by Crippen LogP contribution is -2.40. The van der Waals surface area contributed by atoms with E-state index in [2.05, 4.69) is 31.1 Å². The molecule has 0 aliphatic rings. The van der Waals surface area contributed by atoms with Gasteiger partial charge in [-0.3, -0.25) is 0 Å². The standard InChI is InChI=1S/C13H21F2N3/c1-8(13(2,3)4)18(6)12-10(15)7-9(14)11(16-5)17-12/h7-8H,1-6H3,(H,16,17). The Morgan fingerprint density at radius 3 is 2.28 bits per heavy atom. The van der Waals surface area contributed by atoms with Crippen molar-refractivity contribution in [3.05, 3.63) is 17.7 Å². The molecule has 0 bridgehead atoms. The van der Waals surface area contributed by atoms with Crippen LogP contribution in [0.1, 0.15) is 27.7 Å². The maximum absolute atomic E-state index is 13.8. The quantitative estimate of drug-likeness (QED) is 0.900. The second-order valence-electron chi connectivity index (χ2n) is 5.53. The summed E-state index contributed by atoms with van der Waals surface area (Å²) in [4.78, 5) is 5.72. The smallest absolute Gasteiger partial charge is 0.168 e. The highest BCUT2D eigenvalue weighted by Gasteiger charge is 2.27. The molecule has 0 amide bonds. The maximum atomic E-state index is 13.8. The third kappa shape index (κ3) is 2.89. The SMILES string of the molecule is CNc1nc(N(C)C(C)C(C)(C)C)c(F)cc1F. The van der Waals surface area contributed by atoms with Crippen molar-refractivity contribution in [2.45, 2.75) is 33.7 Å². The van der Waals surface area contributed by atoms with Gasteiger partial charge in [-0.1, -0.05) is 20.8 Å². The van der Waals surface area contributed by atoms with Gasteiger partial charge in [0.25, 0.3) is 0 Å². The summed E-state index contributed by atoms with van der Waals surface area (Å²) in [6, 6.07) is 0.926. The van der Waals surface area contributed by atoms with Crippen molar-refractivity contribution in [2.75, 3.05) is 24.3 Å². The lowest BCUT2D eigenvalue weighted by molar-refractivity contribution is 0.326. The van der Waals surface area contributed by atoms with Crippen LogP contribution in [-0.2, 0) is 0 Å². The van der Waals surface area contributed by atoms with E-state index < -0.39 is 11.6 Å². The van der Waals surface area contributed by atoms with Crippen molar-refractivity contribution in [3.8, 4) is 0 Å². The van der Waals surface area contributed by atoms with E-state index in [1.807, 2.05) is 6.92 Å². The van der Waals surface area contributed by atoms with Gasteiger partial charge in [0, 0.05) is 26.2 Å². The molecule has 1 rings (SSSR count). The van der Waals surface area contributed by atoms with E-state index >= 15 is 0 Å². The third-order valence-corrected chi connectivity index (χ3v) is 3.32. The van der Waals surface area contributed by atoms with Gasteiger partial charge in [0.2, 0.25) is 0 Å². The Hall–Kier alpha value is -1.39. The van der Waals surface area contributed by atoms with E-state index in [-0.39, 0.29) is 23.1 Å². The zero-order chi connectivity index (χ0) is 14.1. The molecule has 1 N–H and O–H groups in total. The van der Waals surface area contributed by atoms with Gasteiger partial charge >= 0.3 is 0 Å². The second-order valence-corrected chi connectivity index (χ2v) is 5.53. The van der Waals surface area contributed by atoms with E-state index in [1.165, 1.54) is 0 Å². The van der Waals surface area contributed by atoms with Crippen LogP contribution >= 0.6 is 0 Å². The lowest BCUT2D eigenvalue weighted by atomic mass is 9.87. The van der Waals surface area contributed by atoms with Crippen LogP contribution in [0.4, 0.5) is 20.4 Å². The number of pyridine rings is 1. The minimum Gasteiger partial charge on any atom is -0.371 e. The summed E-state index contributed by atoms with van der Waals surface area (Å²) in [6.07, 6.45) is 0. The molecule has 1 aromatic heterocycles. The molecule has 0 saturated heterocycles. The van der Waals surface area contributed by atoms with E-state index in [0.29, 0.717) is 0 Å². The number of anilines is 2. The largest absolute Gasteiger partial charge is 0.371 e. The number of aromatic nitrogens is 1. The predicted molar refractivity (Wildman–Crippen MR) is 71.0 cm³/mol. The van der Waals surface area contributed by atoms with Crippen molar-refractivity contribution in [1.29, 1.82) is 0 Å². The number of hydrogen-bond acceptors (Lipinski definition) is 3. The maximum Gasteiger partial charge on any atom is 0.168 e. The molecule has 0 aromatic carbocycles. The molecule has 0 aliphatic carbocycles. The van der Waals surface area contributed by atoms with Crippen LogP contribution in [0.3, 0.4) is 0 Å². The highest BCUT2D eigenvalue weighted by molar-refractivity contribution is 5.49. The average Bonchev–Trinajstić information content (AvgIpc) is 2.26. The van der Waals surface area contributed by atoms with Crippen LogP contribution in [-0.4, -0.2) is 25.1 Å². The van der Waals surface area contributed by atoms with E-state index in [1.54, 1.807) is 19.0 Å².